The largest absolute Gasteiger partial charge is 0.279 e. The summed E-state index contributed by atoms with van der Waals surface area (Å²) < 4.78 is 40.8. The molecule has 2 aromatic carbocycles. The molecule has 1 N–H and O–H groups in total. The SMILES string of the molecule is Cc1cccc(C)c1NS(=O)(=O)c1ccc(Br)c(F)c1. The minimum atomic E-state index is -3.81. The molecule has 2 rings (SSSR count). The third-order valence-electron chi connectivity index (χ3n) is 2.92. The highest BCUT2D eigenvalue weighted by atomic mass is 79.9. The molecular formula is C14H13BrFNO2S. The van der Waals surface area contributed by atoms with Crippen molar-refractivity contribution in [3.8, 4) is 0 Å². The Hall–Kier alpha value is -1.40. The summed E-state index contributed by atoms with van der Waals surface area (Å²) >= 11 is 3.00. The molecule has 2 aromatic rings. The van der Waals surface area contributed by atoms with E-state index in [4.69, 9.17) is 0 Å². The number of sulfonamides is 1. The van der Waals surface area contributed by atoms with Crippen LogP contribution in [-0.2, 0) is 10.0 Å². The predicted octanol–water partition coefficient (Wildman–Crippen LogP) is 4.01. The van der Waals surface area contributed by atoms with Crippen LogP contribution in [0.4, 0.5) is 10.1 Å². The van der Waals surface area contributed by atoms with Crippen LogP contribution in [0.15, 0.2) is 45.8 Å². The minimum Gasteiger partial charge on any atom is -0.279 e. The van der Waals surface area contributed by atoms with Crippen LogP contribution in [0.2, 0.25) is 0 Å². The fourth-order valence-corrected chi connectivity index (χ4v) is 3.27. The molecule has 0 aliphatic carbocycles. The van der Waals surface area contributed by atoms with Crippen LogP contribution in [0.5, 0.6) is 0 Å². The lowest BCUT2D eigenvalue weighted by Crippen LogP contribution is -2.15. The lowest BCUT2D eigenvalue weighted by atomic mass is 10.1. The van der Waals surface area contributed by atoms with E-state index in [1.165, 1.54) is 12.1 Å². The lowest BCUT2D eigenvalue weighted by molar-refractivity contribution is 0.593. The van der Waals surface area contributed by atoms with E-state index in [1.807, 2.05) is 32.0 Å². The Bertz CT molecular complexity index is 740. The number of hydrogen-bond donors (Lipinski definition) is 1. The molecule has 0 saturated carbocycles. The molecule has 6 heteroatoms. The Morgan fingerprint density at radius 3 is 2.25 bits per heavy atom. The zero-order chi connectivity index (χ0) is 14.9. The van der Waals surface area contributed by atoms with Crippen LogP contribution < -0.4 is 4.72 Å². The average Bonchev–Trinajstić information content (AvgIpc) is 2.37. The van der Waals surface area contributed by atoms with E-state index in [0.717, 1.165) is 17.2 Å². The Labute approximate surface area is 126 Å². The van der Waals surface area contributed by atoms with Gasteiger partial charge < -0.3 is 0 Å². The maximum atomic E-state index is 13.5. The van der Waals surface area contributed by atoms with Gasteiger partial charge in [-0.15, -0.1) is 0 Å². The van der Waals surface area contributed by atoms with E-state index in [2.05, 4.69) is 20.7 Å². The summed E-state index contributed by atoms with van der Waals surface area (Å²) in [6.45, 7) is 3.63. The van der Waals surface area contributed by atoms with Gasteiger partial charge >= 0.3 is 0 Å². The molecule has 0 saturated heterocycles. The normalized spacial score (nSPS) is 11.4. The molecule has 0 spiro atoms. The first kappa shape index (κ1) is 15.0. The summed E-state index contributed by atoms with van der Waals surface area (Å²) in [4.78, 5) is -0.110. The van der Waals surface area contributed by atoms with Crippen LogP contribution in [0.3, 0.4) is 0 Å². The second-order valence-electron chi connectivity index (χ2n) is 4.45. The topological polar surface area (TPSA) is 46.2 Å². The summed E-state index contributed by atoms with van der Waals surface area (Å²) in [5, 5.41) is 0. The molecule has 0 radical (unpaired) electrons. The molecule has 0 aromatic heterocycles. The van der Waals surface area contributed by atoms with Gasteiger partial charge in [0.15, 0.2) is 0 Å². The number of nitrogens with one attached hydrogen (secondary N) is 1. The van der Waals surface area contributed by atoms with Gasteiger partial charge in [-0.1, -0.05) is 18.2 Å². The van der Waals surface area contributed by atoms with Crippen molar-refractivity contribution < 1.29 is 12.8 Å². The molecule has 0 atom stereocenters. The van der Waals surface area contributed by atoms with Crippen molar-refractivity contribution in [3.63, 3.8) is 0 Å². The standard InChI is InChI=1S/C14H13BrFNO2S/c1-9-4-3-5-10(2)14(9)17-20(18,19)11-6-7-12(15)13(16)8-11/h3-8,17H,1-2H3. The van der Waals surface area contributed by atoms with Crippen molar-refractivity contribution in [1.82, 2.24) is 0 Å². The monoisotopic (exact) mass is 357 g/mol. The lowest BCUT2D eigenvalue weighted by Gasteiger charge is -2.13. The Morgan fingerprint density at radius 1 is 1.10 bits per heavy atom. The molecule has 0 aliphatic rings. The quantitative estimate of drug-likeness (QED) is 0.901. The van der Waals surface area contributed by atoms with Crippen molar-refractivity contribution in [1.29, 1.82) is 0 Å². The summed E-state index contributed by atoms with van der Waals surface area (Å²) in [7, 11) is -3.81. The summed E-state index contributed by atoms with van der Waals surface area (Å²) in [6.07, 6.45) is 0. The number of benzene rings is 2. The molecule has 0 fully saturated rings. The third-order valence-corrected chi connectivity index (χ3v) is 4.91. The van der Waals surface area contributed by atoms with Crippen molar-refractivity contribution in [2.24, 2.45) is 0 Å². The first-order valence-corrected chi connectivity index (χ1v) is 8.13. The number of halogens is 2. The van der Waals surface area contributed by atoms with Crippen molar-refractivity contribution in [2.45, 2.75) is 18.7 Å². The fourth-order valence-electron chi connectivity index (χ4n) is 1.81. The summed E-state index contributed by atoms with van der Waals surface area (Å²) in [5.41, 5.74) is 2.15. The summed E-state index contributed by atoms with van der Waals surface area (Å²) in [5.74, 6) is -0.616. The van der Waals surface area contributed by atoms with Crippen molar-refractivity contribution in [2.75, 3.05) is 4.72 Å². The fraction of sp³-hybridized carbons (Fsp3) is 0.143. The minimum absolute atomic E-state index is 0.110. The molecule has 0 heterocycles. The summed E-state index contributed by atoms with van der Waals surface area (Å²) in [6, 6.07) is 9.18. The maximum Gasteiger partial charge on any atom is 0.262 e. The zero-order valence-electron chi connectivity index (χ0n) is 10.9. The van der Waals surface area contributed by atoms with Crippen LogP contribution >= 0.6 is 15.9 Å². The van der Waals surface area contributed by atoms with Gasteiger partial charge in [0.25, 0.3) is 10.0 Å². The average molecular weight is 358 g/mol. The molecular weight excluding hydrogens is 345 g/mol. The van der Waals surface area contributed by atoms with Gasteiger partial charge in [0.1, 0.15) is 5.82 Å². The smallest absolute Gasteiger partial charge is 0.262 e. The van der Waals surface area contributed by atoms with Crippen LogP contribution in [0, 0.1) is 19.7 Å². The number of para-hydroxylation sites is 1. The maximum absolute atomic E-state index is 13.5. The number of aryl methyl sites for hydroxylation is 2. The van der Waals surface area contributed by atoms with Crippen LogP contribution in [-0.4, -0.2) is 8.42 Å². The van der Waals surface area contributed by atoms with Gasteiger partial charge in [0, 0.05) is 0 Å². The highest BCUT2D eigenvalue weighted by molar-refractivity contribution is 9.10. The van der Waals surface area contributed by atoms with Gasteiger partial charge in [-0.3, -0.25) is 4.72 Å². The molecule has 20 heavy (non-hydrogen) atoms. The third kappa shape index (κ3) is 3.02. The Kier molecular flexibility index (Phi) is 4.15. The van der Waals surface area contributed by atoms with Crippen LogP contribution in [0.25, 0.3) is 0 Å². The number of anilines is 1. The Morgan fingerprint density at radius 2 is 1.70 bits per heavy atom. The second kappa shape index (κ2) is 5.54. The molecule has 0 aliphatic heterocycles. The number of hydrogen-bond acceptors (Lipinski definition) is 2. The number of rotatable bonds is 3. The van der Waals surface area contributed by atoms with E-state index in [-0.39, 0.29) is 9.37 Å². The Balaban J connectivity index is 2.43. The predicted molar refractivity (Wildman–Crippen MR) is 80.8 cm³/mol. The molecule has 0 unspecified atom stereocenters. The molecule has 0 bridgehead atoms. The second-order valence-corrected chi connectivity index (χ2v) is 6.98. The molecule has 3 nitrogen and oxygen atoms in total. The van der Waals surface area contributed by atoms with E-state index in [1.54, 1.807) is 0 Å². The van der Waals surface area contributed by atoms with Crippen LogP contribution in [0.1, 0.15) is 11.1 Å². The van der Waals surface area contributed by atoms with E-state index in [0.29, 0.717) is 5.69 Å². The van der Waals surface area contributed by atoms with Gasteiger partial charge in [-0.2, -0.15) is 0 Å². The highest BCUT2D eigenvalue weighted by Gasteiger charge is 2.17. The van der Waals surface area contributed by atoms with Gasteiger partial charge in [0.2, 0.25) is 0 Å². The first-order chi connectivity index (χ1) is 9.31. The first-order valence-electron chi connectivity index (χ1n) is 5.85. The molecule has 0 amide bonds. The van der Waals surface area contributed by atoms with Crippen molar-refractivity contribution >= 4 is 31.6 Å². The van der Waals surface area contributed by atoms with E-state index in [9.17, 15) is 12.8 Å². The van der Waals surface area contributed by atoms with E-state index >= 15 is 0 Å². The molecule has 106 valence electrons. The highest BCUT2D eigenvalue weighted by Crippen LogP contribution is 2.25. The van der Waals surface area contributed by atoms with Crippen molar-refractivity contribution in [3.05, 3.63) is 57.8 Å². The zero-order valence-corrected chi connectivity index (χ0v) is 13.3. The van der Waals surface area contributed by atoms with Gasteiger partial charge in [0.05, 0.1) is 15.1 Å². The van der Waals surface area contributed by atoms with Gasteiger partial charge in [-0.05, 0) is 59.1 Å². The van der Waals surface area contributed by atoms with Gasteiger partial charge in [-0.25, -0.2) is 12.8 Å². The van der Waals surface area contributed by atoms with E-state index < -0.39 is 15.8 Å².